The van der Waals surface area contributed by atoms with Gasteiger partial charge in [-0.1, -0.05) is 15.9 Å². The van der Waals surface area contributed by atoms with Crippen LogP contribution < -0.4 is 9.67 Å². The van der Waals surface area contributed by atoms with Crippen LogP contribution in [0.1, 0.15) is 6.92 Å². The number of amides is 1. The summed E-state index contributed by atoms with van der Waals surface area (Å²) in [6.45, 7) is 1.18. The summed E-state index contributed by atoms with van der Waals surface area (Å²) < 4.78 is 29.8. The van der Waals surface area contributed by atoms with Gasteiger partial charge in [0.15, 0.2) is 0 Å². The topological polar surface area (TPSA) is 120 Å². The van der Waals surface area contributed by atoms with Crippen LogP contribution >= 0.6 is 15.9 Å². The van der Waals surface area contributed by atoms with Crippen LogP contribution in [0.4, 0.5) is 5.69 Å². The van der Waals surface area contributed by atoms with Gasteiger partial charge in [0, 0.05) is 16.9 Å². The number of nitrogens with zero attached hydrogens (tertiary/aromatic N) is 1. The summed E-state index contributed by atoms with van der Waals surface area (Å²) in [6.07, 6.45) is 3.48. The van der Waals surface area contributed by atoms with E-state index in [9.17, 15) is 13.6 Å². The fraction of sp³-hybridized carbons (Fsp3) is 0.0769. The van der Waals surface area contributed by atoms with Crippen molar-refractivity contribution in [3.8, 4) is 5.75 Å². The average Bonchev–Trinajstić information content (AvgIpc) is 2.41. The summed E-state index contributed by atoms with van der Waals surface area (Å²) in [4.78, 5) is 14.6. The first-order valence-corrected chi connectivity index (χ1v) is 10.1. The second kappa shape index (κ2) is 8.14. The molecule has 2 rings (SSSR count). The van der Waals surface area contributed by atoms with Gasteiger partial charge in [-0.25, -0.2) is 0 Å². The summed E-state index contributed by atoms with van der Waals surface area (Å²) in [5, 5.41) is 11.5. The number of nitrogens with one attached hydrogen (secondary N) is 1. The standard InChI is InChI=1S/C8H10AsNO5.C5H4BrN/c1-5(11)10-8-6(9(13,14)15)3-2-4-7(8)12;6-5-1-3-7-4-2-5/h2-4,12H,1H3,(H,10,11)(H2,13,14,15);1-4H. The molecule has 118 valence electrons. The van der Waals surface area contributed by atoms with Crippen LogP contribution in [0, 0.1) is 0 Å². The number of halogens is 1. The van der Waals surface area contributed by atoms with Crippen LogP contribution in [-0.2, 0) is 8.53 Å². The van der Waals surface area contributed by atoms with Gasteiger partial charge in [0.2, 0.25) is 0 Å². The Bertz CT molecular complexity index is 690. The zero-order valence-electron chi connectivity index (χ0n) is 11.5. The maximum absolute atomic E-state index is 11.1. The SMILES string of the molecule is Brc1ccncc1.CC(=O)Nc1c(O)cccc1[As](=O)(O)O. The number of para-hydroxylation sites is 1. The molecule has 7 nitrogen and oxygen atoms in total. The third kappa shape index (κ3) is 6.03. The van der Waals surface area contributed by atoms with Gasteiger partial charge < -0.3 is 0 Å². The Balaban J connectivity index is 0.000000287. The molecule has 1 aromatic carbocycles. The van der Waals surface area contributed by atoms with E-state index >= 15 is 0 Å². The van der Waals surface area contributed by atoms with Crippen molar-refractivity contribution in [3.63, 3.8) is 0 Å². The van der Waals surface area contributed by atoms with Crippen molar-refractivity contribution in [3.05, 3.63) is 47.2 Å². The molecule has 1 heterocycles. The van der Waals surface area contributed by atoms with Crippen LogP contribution in [0.3, 0.4) is 0 Å². The molecule has 0 atom stereocenters. The summed E-state index contributed by atoms with van der Waals surface area (Å²) in [5.41, 5.74) is -0.225. The van der Waals surface area contributed by atoms with E-state index in [1.54, 1.807) is 12.4 Å². The summed E-state index contributed by atoms with van der Waals surface area (Å²) in [7, 11) is 0. The van der Waals surface area contributed by atoms with Crippen LogP contribution in [-0.4, -0.2) is 38.4 Å². The number of aromatic hydroxyl groups is 1. The van der Waals surface area contributed by atoms with Crippen molar-refractivity contribution >= 4 is 46.0 Å². The van der Waals surface area contributed by atoms with Gasteiger partial charge in [-0.05, 0) is 12.1 Å². The first-order chi connectivity index (χ1) is 10.2. The Labute approximate surface area is 138 Å². The van der Waals surface area contributed by atoms with E-state index in [0.717, 1.165) is 4.47 Å². The predicted octanol–water partition coefficient (Wildman–Crippen LogP) is 0.756. The summed E-state index contributed by atoms with van der Waals surface area (Å²) in [5.74, 6) is -0.880. The average molecular weight is 433 g/mol. The van der Waals surface area contributed by atoms with E-state index in [1.165, 1.54) is 25.1 Å². The summed E-state index contributed by atoms with van der Waals surface area (Å²) >= 11 is -1.87. The van der Waals surface area contributed by atoms with Crippen molar-refractivity contribution in [1.82, 2.24) is 4.98 Å². The molecule has 0 unspecified atom stereocenters. The van der Waals surface area contributed by atoms with E-state index in [0.29, 0.717) is 0 Å². The molecule has 0 saturated carbocycles. The molecular formula is C13H14AsBrN2O5. The van der Waals surface area contributed by atoms with Gasteiger partial charge in [0.25, 0.3) is 0 Å². The van der Waals surface area contributed by atoms with Crippen molar-refractivity contribution in [2.75, 3.05) is 5.32 Å². The van der Waals surface area contributed by atoms with Crippen molar-refractivity contribution in [2.45, 2.75) is 6.92 Å². The van der Waals surface area contributed by atoms with Gasteiger partial charge in [0.05, 0.1) is 0 Å². The van der Waals surface area contributed by atoms with Crippen LogP contribution in [0.2, 0.25) is 0 Å². The Morgan fingerprint density at radius 1 is 1.23 bits per heavy atom. The number of carbonyl (C=O) groups excluding carboxylic acids is 1. The second-order valence-electron chi connectivity index (χ2n) is 4.06. The fourth-order valence-corrected chi connectivity index (χ4v) is 3.20. The van der Waals surface area contributed by atoms with Crippen molar-refractivity contribution < 1.29 is 21.8 Å². The van der Waals surface area contributed by atoms with Crippen LogP contribution in [0.15, 0.2) is 47.2 Å². The van der Waals surface area contributed by atoms with E-state index in [4.69, 9.17) is 8.19 Å². The molecule has 4 N–H and O–H groups in total. The minimum absolute atomic E-state index is 0.225. The number of hydrogen-bond donors (Lipinski definition) is 4. The third-order valence-corrected chi connectivity index (χ3v) is 4.90. The van der Waals surface area contributed by atoms with E-state index < -0.39 is 20.1 Å². The van der Waals surface area contributed by atoms with Gasteiger partial charge >= 0.3 is 88.1 Å². The molecule has 0 aliphatic carbocycles. The molecule has 0 spiro atoms. The van der Waals surface area contributed by atoms with Crippen LogP contribution in [0.25, 0.3) is 0 Å². The fourth-order valence-electron chi connectivity index (χ4n) is 1.41. The molecular weight excluding hydrogens is 419 g/mol. The molecule has 1 aromatic heterocycles. The number of phenolic OH excluding ortho intramolecular Hbond substituents is 1. The molecule has 0 fully saturated rings. The molecule has 0 radical (unpaired) electrons. The van der Waals surface area contributed by atoms with Gasteiger partial charge in [-0.2, -0.15) is 0 Å². The van der Waals surface area contributed by atoms with Crippen LogP contribution in [0.5, 0.6) is 5.75 Å². The number of anilines is 1. The zero-order chi connectivity index (χ0) is 16.8. The molecule has 9 heteroatoms. The number of benzene rings is 1. The number of aromatic nitrogens is 1. The first-order valence-electron chi connectivity index (χ1n) is 5.93. The molecule has 1 amide bonds. The molecule has 22 heavy (non-hydrogen) atoms. The number of pyridine rings is 1. The minimum atomic E-state index is -5.14. The quantitative estimate of drug-likeness (QED) is 0.410. The predicted molar refractivity (Wildman–Crippen MR) is 84.9 cm³/mol. The monoisotopic (exact) mass is 432 g/mol. The Morgan fingerprint density at radius 2 is 1.82 bits per heavy atom. The number of hydrogen-bond acceptors (Lipinski definition) is 4. The molecule has 2 aromatic rings. The van der Waals surface area contributed by atoms with Crippen molar-refractivity contribution in [1.29, 1.82) is 0 Å². The molecule has 0 aliphatic rings. The number of phenols is 1. The third-order valence-electron chi connectivity index (χ3n) is 2.27. The molecule has 0 aliphatic heterocycles. The van der Waals surface area contributed by atoms with E-state index in [2.05, 4.69) is 26.2 Å². The number of rotatable bonds is 2. The first kappa shape index (κ1) is 18.4. The number of carbonyl (C=O) groups is 1. The van der Waals surface area contributed by atoms with E-state index in [-0.39, 0.29) is 15.8 Å². The maximum atomic E-state index is 11.1. The normalized spacial score (nSPS) is 10.4. The van der Waals surface area contributed by atoms with Crippen molar-refractivity contribution in [2.24, 2.45) is 0 Å². The van der Waals surface area contributed by atoms with Gasteiger partial charge in [0.1, 0.15) is 0 Å². The zero-order valence-corrected chi connectivity index (χ0v) is 14.9. The van der Waals surface area contributed by atoms with Gasteiger partial charge in [-0.15, -0.1) is 0 Å². The Hall–Kier alpha value is -1.60. The second-order valence-corrected chi connectivity index (χ2v) is 8.27. The van der Waals surface area contributed by atoms with E-state index in [1.807, 2.05) is 12.1 Å². The summed E-state index contributed by atoms with van der Waals surface area (Å²) in [6, 6.07) is 7.49. The molecule has 0 saturated heterocycles. The Kier molecular flexibility index (Phi) is 6.83. The van der Waals surface area contributed by atoms with Gasteiger partial charge in [-0.3, -0.25) is 4.98 Å². The Morgan fingerprint density at radius 3 is 2.23 bits per heavy atom. The molecule has 0 bridgehead atoms.